The van der Waals surface area contributed by atoms with Gasteiger partial charge >= 0.3 is 0 Å². The second-order valence-electron chi connectivity index (χ2n) is 7.12. The normalized spacial score (nSPS) is 10.9. The fourth-order valence-corrected chi connectivity index (χ4v) is 3.15. The van der Waals surface area contributed by atoms with Gasteiger partial charge in [0.05, 0.1) is 11.0 Å². The van der Waals surface area contributed by atoms with E-state index in [1.807, 2.05) is 80.8 Å². The maximum Gasteiger partial charge on any atom is 0.292 e. The summed E-state index contributed by atoms with van der Waals surface area (Å²) in [5.41, 5.74) is 3.47. The zero-order valence-corrected chi connectivity index (χ0v) is 16.7. The van der Waals surface area contributed by atoms with E-state index in [0.717, 1.165) is 29.9 Å². The summed E-state index contributed by atoms with van der Waals surface area (Å²) >= 11 is 0. The van der Waals surface area contributed by atoms with Crippen molar-refractivity contribution < 1.29 is 4.92 Å². The molecule has 0 radical (unpaired) electrons. The molecule has 0 aliphatic heterocycles. The zero-order chi connectivity index (χ0) is 20.6. The van der Waals surface area contributed by atoms with Crippen LogP contribution in [0.3, 0.4) is 0 Å². The lowest BCUT2D eigenvalue weighted by molar-refractivity contribution is -0.384. The largest absolute Gasteiger partial charge is 0.384 e. The van der Waals surface area contributed by atoms with Gasteiger partial charge in [-0.05, 0) is 37.4 Å². The van der Waals surface area contributed by atoms with Crippen LogP contribution in [0.15, 0.2) is 78.9 Å². The number of nitrogens with zero attached hydrogens (tertiary/aromatic N) is 2. The van der Waals surface area contributed by atoms with Crippen molar-refractivity contribution >= 4 is 17.1 Å². The Morgan fingerprint density at radius 1 is 0.931 bits per heavy atom. The summed E-state index contributed by atoms with van der Waals surface area (Å²) in [6, 6.07) is 24.8. The third-order valence-electron chi connectivity index (χ3n) is 4.65. The van der Waals surface area contributed by atoms with E-state index in [0.29, 0.717) is 5.69 Å². The molecule has 0 fully saturated rings. The first kappa shape index (κ1) is 20.4. The lowest BCUT2D eigenvalue weighted by Gasteiger charge is -2.21. The smallest absolute Gasteiger partial charge is 0.292 e. The standard InChI is InChI=1S/C23H26N4O2/c1-26(2)16-15-24-20-13-14-22(27(28)29)21(17-20)25-23(18-9-5-3-6-10-18)19-11-7-4-8-12-19/h3-14,17,23-25H,15-16H2,1-2H3. The van der Waals surface area contributed by atoms with Crippen LogP contribution in [0.2, 0.25) is 0 Å². The van der Waals surface area contributed by atoms with Gasteiger partial charge in [0, 0.05) is 24.8 Å². The van der Waals surface area contributed by atoms with Crippen LogP contribution in [0.5, 0.6) is 0 Å². The first-order valence-electron chi connectivity index (χ1n) is 9.58. The Balaban J connectivity index is 1.94. The van der Waals surface area contributed by atoms with Crippen molar-refractivity contribution in [1.29, 1.82) is 0 Å². The lowest BCUT2D eigenvalue weighted by Crippen LogP contribution is -2.21. The number of nitro benzene ring substituents is 1. The Bertz CT molecular complexity index is 891. The van der Waals surface area contributed by atoms with Crippen molar-refractivity contribution in [2.24, 2.45) is 0 Å². The van der Waals surface area contributed by atoms with Crippen molar-refractivity contribution in [2.45, 2.75) is 6.04 Å². The zero-order valence-electron chi connectivity index (χ0n) is 16.7. The quantitative estimate of drug-likeness (QED) is 0.407. The molecular weight excluding hydrogens is 364 g/mol. The molecule has 0 amide bonds. The van der Waals surface area contributed by atoms with E-state index in [1.165, 1.54) is 0 Å². The molecule has 29 heavy (non-hydrogen) atoms. The molecule has 3 rings (SSSR count). The average Bonchev–Trinajstić information content (AvgIpc) is 2.73. The van der Waals surface area contributed by atoms with Gasteiger partial charge in [-0.15, -0.1) is 0 Å². The molecule has 0 aliphatic rings. The second-order valence-corrected chi connectivity index (χ2v) is 7.12. The highest BCUT2D eigenvalue weighted by molar-refractivity contribution is 5.69. The van der Waals surface area contributed by atoms with Crippen LogP contribution in [-0.2, 0) is 0 Å². The van der Waals surface area contributed by atoms with E-state index in [2.05, 4.69) is 15.5 Å². The number of nitro groups is 1. The number of benzene rings is 3. The Hall–Kier alpha value is -3.38. The molecule has 0 heterocycles. The Morgan fingerprint density at radius 3 is 2.03 bits per heavy atom. The summed E-state index contributed by atoms with van der Waals surface area (Å²) in [6.07, 6.45) is 0. The highest BCUT2D eigenvalue weighted by atomic mass is 16.6. The Morgan fingerprint density at radius 2 is 1.52 bits per heavy atom. The van der Waals surface area contributed by atoms with Crippen LogP contribution in [-0.4, -0.2) is 37.0 Å². The van der Waals surface area contributed by atoms with E-state index in [-0.39, 0.29) is 16.7 Å². The Kier molecular flexibility index (Phi) is 6.81. The van der Waals surface area contributed by atoms with E-state index in [9.17, 15) is 10.1 Å². The molecule has 0 saturated carbocycles. The molecule has 0 bridgehead atoms. The molecule has 0 unspecified atom stereocenters. The van der Waals surface area contributed by atoms with E-state index in [4.69, 9.17) is 0 Å². The molecule has 3 aromatic carbocycles. The van der Waals surface area contributed by atoms with Gasteiger partial charge in [-0.3, -0.25) is 10.1 Å². The predicted molar refractivity (Wildman–Crippen MR) is 118 cm³/mol. The third-order valence-corrected chi connectivity index (χ3v) is 4.65. The number of rotatable bonds is 9. The molecule has 0 aromatic heterocycles. The SMILES string of the molecule is CN(C)CCNc1ccc([N+](=O)[O-])c(NC(c2ccccc2)c2ccccc2)c1. The van der Waals surface area contributed by atoms with Crippen molar-refractivity contribution in [3.63, 3.8) is 0 Å². The minimum Gasteiger partial charge on any atom is -0.384 e. The fraction of sp³-hybridized carbons (Fsp3) is 0.217. The molecule has 2 N–H and O–H groups in total. The van der Waals surface area contributed by atoms with Crippen molar-refractivity contribution in [3.05, 3.63) is 100 Å². The summed E-state index contributed by atoms with van der Waals surface area (Å²) in [5, 5.41) is 18.4. The molecule has 0 aliphatic carbocycles. The maximum atomic E-state index is 11.6. The van der Waals surface area contributed by atoms with Crippen LogP contribution < -0.4 is 10.6 Å². The van der Waals surface area contributed by atoms with Crippen molar-refractivity contribution in [1.82, 2.24) is 4.90 Å². The van der Waals surface area contributed by atoms with Gasteiger partial charge < -0.3 is 15.5 Å². The van der Waals surface area contributed by atoms with E-state index < -0.39 is 0 Å². The first-order chi connectivity index (χ1) is 14.0. The highest BCUT2D eigenvalue weighted by Crippen LogP contribution is 2.33. The average molecular weight is 390 g/mol. The number of anilines is 2. The lowest BCUT2D eigenvalue weighted by atomic mass is 9.98. The molecule has 6 heteroatoms. The summed E-state index contributed by atoms with van der Waals surface area (Å²) in [4.78, 5) is 13.4. The summed E-state index contributed by atoms with van der Waals surface area (Å²) in [6.45, 7) is 1.63. The van der Waals surface area contributed by atoms with Gasteiger partial charge in [0.15, 0.2) is 0 Å². The number of hydrogen-bond acceptors (Lipinski definition) is 5. The van der Waals surface area contributed by atoms with Gasteiger partial charge in [0.1, 0.15) is 5.69 Å². The van der Waals surface area contributed by atoms with Crippen LogP contribution in [0, 0.1) is 10.1 Å². The van der Waals surface area contributed by atoms with Gasteiger partial charge in [0.25, 0.3) is 5.69 Å². The van der Waals surface area contributed by atoms with Gasteiger partial charge in [-0.25, -0.2) is 0 Å². The maximum absolute atomic E-state index is 11.6. The van der Waals surface area contributed by atoms with Crippen LogP contribution >= 0.6 is 0 Å². The Labute approximate surface area is 171 Å². The van der Waals surface area contributed by atoms with E-state index in [1.54, 1.807) is 12.1 Å². The van der Waals surface area contributed by atoms with Crippen LogP contribution in [0.4, 0.5) is 17.1 Å². The third kappa shape index (κ3) is 5.56. The number of likely N-dealkylation sites (N-methyl/N-ethyl adjacent to an activating group) is 1. The van der Waals surface area contributed by atoms with Gasteiger partial charge in [-0.1, -0.05) is 60.7 Å². The summed E-state index contributed by atoms with van der Waals surface area (Å²) in [7, 11) is 4.02. The molecule has 0 atom stereocenters. The van der Waals surface area contributed by atoms with Crippen LogP contribution in [0.25, 0.3) is 0 Å². The molecule has 0 saturated heterocycles. The predicted octanol–water partition coefficient (Wildman–Crippen LogP) is 4.77. The number of hydrogen-bond donors (Lipinski definition) is 2. The second kappa shape index (κ2) is 9.71. The molecule has 3 aromatic rings. The minimum atomic E-state index is -0.348. The topological polar surface area (TPSA) is 70.4 Å². The fourth-order valence-electron chi connectivity index (χ4n) is 3.15. The summed E-state index contributed by atoms with van der Waals surface area (Å²) in [5.74, 6) is 0. The highest BCUT2D eigenvalue weighted by Gasteiger charge is 2.20. The van der Waals surface area contributed by atoms with Crippen molar-refractivity contribution in [2.75, 3.05) is 37.8 Å². The molecule has 0 spiro atoms. The molecule has 6 nitrogen and oxygen atoms in total. The van der Waals surface area contributed by atoms with Crippen molar-refractivity contribution in [3.8, 4) is 0 Å². The monoisotopic (exact) mass is 390 g/mol. The molecular formula is C23H26N4O2. The molecule has 150 valence electrons. The van der Waals surface area contributed by atoms with E-state index >= 15 is 0 Å². The van der Waals surface area contributed by atoms with Gasteiger partial charge in [0.2, 0.25) is 0 Å². The minimum absolute atomic E-state index is 0.0556. The first-order valence-corrected chi connectivity index (χ1v) is 9.58. The summed E-state index contributed by atoms with van der Waals surface area (Å²) < 4.78 is 0. The van der Waals surface area contributed by atoms with Gasteiger partial charge in [-0.2, -0.15) is 0 Å². The number of nitrogens with one attached hydrogen (secondary N) is 2. The van der Waals surface area contributed by atoms with Crippen LogP contribution in [0.1, 0.15) is 17.2 Å².